The quantitative estimate of drug-likeness (QED) is 0.299. The van der Waals surface area contributed by atoms with E-state index < -0.39 is 37.3 Å². The highest BCUT2D eigenvalue weighted by Gasteiger charge is 2.44. The lowest BCUT2D eigenvalue weighted by Gasteiger charge is -2.39. The fourth-order valence-corrected chi connectivity index (χ4v) is 2.56. The molecule has 0 bridgehead atoms. The molecule has 0 spiro atoms. The highest BCUT2D eigenvalue weighted by Crippen LogP contribution is 2.24. The van der Waals surface area contributed by atoms with Gasteiger partial charge in [0.1, 0.15) is 30.2 Å². The number of carbonyl (C=O) groups excluding carboxylic acids is 2. The maximum absolute atomic E-state index is 11.4. The van der Waals surface area contributed by atoms with Gasteiger partial charge in [-0.2, -0.15) is 0 Å². The lowest BCUT2D eigenvalue weighted by Crippen LogP contribution is -2.60. The molecule has 5 atom stereocenters. The number of ketones is 2. The molecule has 26 heavy (non-hydrogen) atoms. The highest BCUT2D eigenvalue weighted by atomic mass is 16.7. The Bertz CT molecular complexity index is 663. The minimum absolute atomic E-state index is 0.0765. The first-order valence-electron chi connectivity index (χ1n) is 8.05. The first-order chi connectivity index (χ1) is 12.2. The van der Waals surface area contributed by atoms with Gasteiger partial charge in [-0.1, -0.05) is 12.1 Å². The van der Waals surface area contributed by atoms with E-state index in [2.05, 4.69) is 0 Å². The van der Waals surface area contributed by atoms with E-state index in [1.54, 1.807) is 12.1 Å². The minimum atomic E-state index is -1.53. The largest absolute Gasteiger partial charge is 0.462 e. The molecular weight excluding hydrogens is 344 g/mol. The van der Waals surface area contributed by atoms with E-state index in [-0.39, 0.29) is 17.1 Å². The zero-order valence-corrected chi connectivity index (χ0v) is 14.4. The SMILES string of the molecule is CC(=O)C(=Cc1ccc(O[C@@H]2O[C@@H](CO)[C@@H](O)[C@@H](O)[C@@H]2O)cc1)C(C)=O. The lowest BCUT2D eigenvalue weighted by atomic mass is 9.99. The van der Waals surface area contributed by atoms with Crippen LogP contribution in [-0.4, -0.2) is 69.3 Å². The first kappa shape index (κ1) is 20.2. The number of Topliss-reactive ketones (excluding diaryl/α,β-unsaturated/α-hetero) is 2. The Balaban J connectivity index is 2.13. The van der Waals surface area contributed by atoms with Crippen molar-refractivity contribution in [1.82, 2.24) is 0 Å². The molecule has 0 unspecified atom stereocenters. The maximum Gasteiger partial charge on any atom is 0.229 e. The molecule has 1 aliphatic heterocycles. The number of hydrogen-bond donors (Lipinski definition) is 4. The molecule has 4 N–H and O–H groups in total. The summed E-state index contributed by atoms with van der Waals surface area (Å²) in [5.74, 6) is -0.378. The van der Waals surface area contributed by atoms with Crippen LogP contribution in [0.5, 0.6) is 5.75 Å². The summed E-state index contributed by atoms with van der Waals surface area (Å²) in [6, 6.07) is 6.27. The first-order valence-corrected chi connectivity index (χ1v) is 8.05. The maximum atomic E-state index is 11.4. The summed E-state index contributed by atoms with van der Waals surface area (Å²) in [6.07, 6.45) is -5.37. The third-order valence-electron chi connectivity index (χ3n) is 4.05. The zero-order chi connectivity index (χ0) is 19.4. The number of aliphatic hydroxyl groups excluding tert-OH is 4. The van der Waals surface area contributed by atoms with Gasteiger partial charge in [0.25, 0.3) is 0 Å². The summed E-state index contributed by atoms with van der Waals surface area (Å²) >= 11 is 0. The number of aliphatic hydroxyl groups is 4. The molecule has 2 rings (SSSR count). The van der Waals surface area contributed by atoms with E-state index in [9.17, 15) is 24.9 Å². The third-order valence-corrected chi connectivity index (χ3v) is 4.05. The fourth-order valence-electron chi connectivity index (χ4n) is 2.56. The molecule has 8 nitrogen and oxygen atoms in total. The Morgan fingerprint density at radius 1 is 1.04 bits per heavy atom. The molecule has 0 radical (unpaired) electrons. The van der Waals surface area contributed by atoms with Crippen molar-refractivity contribution in [1.29, 1.82) is 0 Å². The second-order valence-electron chi connectivity index (χ2n) is 6.05. The van der Waals surface area contributed by atoms with Crippen molar-refractivity contribution < 1.29 is 39.5 Å². The van der Waals surface area contributed by atoms with Gasteiger partial charge in [0.05, 0.1) is 12.2 Å². The summed E-state index contributed by atoms with van der Waals surface area (Å²) in [7, 11) is 0. The molecule has 1 heterocycles. The number of allylic oxidation sites excluding steroid dienone is 1. The van der Waals surface area contributed by atoms with Crippen molar-refractivity contribution in [2.45, 2.75) is 44.6 Å². The Morgan fingerprint density at radius 3 is 2.12 bits per heavy atom. The van der Waals surface area contributed by atoms with Gasteiger partial charge >= 0.3 is 0 Å². The van der Waals surface area contributed by atoms with E-state index in [1.165, 1.54) is 32.1 Å². The Labute approximate surface area is 150 Å². The van der Waals surface area contributed by atoms with Crippen LogP contribution in [0.2, 0.25) is 0 Å². The Kier molecular flexibility index (Phi) is 6.63. The van der Waals surface area contributed by atoms with Crippen LogP contribution >= 0.6 is 0 Å². The van der Waals surface area contributed by atoms with E-state index in [1.807, 2.05) is 0 Å². The van der Waals surface area contributed by atoms with Crippen LogP contribution in [0.25, 0.3) is 6.08 Å². The van der Waals surface area contributed by atoms with Gasteiger partial charge in [0.2, 0.25) is 6.29 Å². The van der Waals surface area contributed by atoms with Crippen LogP contribution in [0.1, 0.15) is 19.4 Å². The zero-order valence-electron chi connectivity index (χ0n) is 14.4. The van der Waals surface area contributed by atoms with Crippen LogP contribution in [0.4, 0.5) is 0 Å². The van der Waals surface area contributed by atoms with Gasteiger partial charge < -0.3 is 29.9 Å². The second kappa shape index (κ2) is 8.52. The molecule has 0 aliphatic carbocycles. The van der Waals surface area contributed by atoms with Crippen LogP contribution in [0.15, 0.2) is 29.8 Å². The fraction of sp³-hybridized carbons (Fsp3) is 0.444. The lowest BCUT2D eigenvalue weighted by molar-refractivity contribution is -0.277. The van der Waals surface area contributed by atoms with Crippen LogP contribution in [-0.2, 0) is 14.3 Å². The molecular formula is C18H22O8. The number of benzene rings is 1. The van der Waals surface area contributed by atoms with E-state index in [0.717, 1.165) is 0 Å². The predicted molar refractivity (Wildman–Crippen MR) is 90.2 cm³/mol. The average Bonchev–Trinajstić information content (AvgIpc) is 2.60. The minimum Gasteiger partial charge on any atom is -0.462 e. The van der Waals surface area contributed by atoms with Gasteiger partial charge in [-0.3, -0.25) is 9.59 Å². The Morgan fingerprint density at radius 2 is 1.62 bits per heavy atom. The van der Waals surface area contributed by atoms with Gasteiger partial charge in [-0.25, -0.2) is 0 Å². The van der Waals surface area contributed by atoms with Crippen molar-refractivity contribution >= 4 is 17.6 Å². The number of carbonyl (C=O) groups is 2. The molecule has 8 heteroatoms. The molecule has 1 aliphatic rings. The molecule has 0 aromatic heterocycles. The number of hydrogen-bond acceptors (Lipinski definition) is 8. The molecule has 142 valence electrons. The smallest absolute Gasteiger partial charge is 0.229 e. The van der Waals surface area contributed by atoms with Crippen LogP contribution < -0.4 is 4.74 Å². The summed E-state index contributed by atoms with van der Waals surface area (Å²) in [5.41, 5.74) is 0.680. The van der Waals surface area contributed by atoms with E-state index in [4.69, 9.17) is 14.6 Å². The van der Waals surface area contributed by atoms with Gasteiger partial charge in [-0.15, -0.1) is 0 Å². The Hall–Kier alpha value is -2.10. The van der Waals surface area contributed by atoms with Gasteiger partial charge in [0.15, 0.2) is 11.6 Å². The van der Waals surface area contributed by atoms with E-state index in [0.29, 0.717) is 11.3 Å². The summed E-state index contributed by atoms with van der Waals surface area (Å²) in [5, 5.41) is 38.6. The van der Waals surface area contributed by atoms with Gasteiger partial charge in [0, 0.05) is 0 Å². The molecule has 0 saturated carbocycles. The number of rotatable bonds is 6. The van der Waals surface area contributed by atoms with Gasteiger partial charge in [-0.05, 0) is 37.6 Å². The predicted octanol–water partition coefficient (Wildman–Crippen LogP) is -0.573. The monoisotopic (exact) mass is 366 g/mol. The molecule has 1 fully saturated rings. The van der Waals surface area contributed by atoms with Crippen molar-refractivity contribution in [2.24, 2.45) is 0 Å². The summed E-state index contributed by atoms with van der Waals surface area (Å²) in [4.78, 5) is 22.9. The molecule has 1 saturated heterocycles. The molecule has 1 aromatic carbocycles. The molecule has 0 amide bonds. The summed E-state index contributed by atoms with van der Waals surface area (Å²) < 4.78 is 10.7. The van der Waals surface area contributed by atoms with Crippen molar-refractivity contribution in [3.8, 4) is 5.75 Å². The average molecular weight is 366 g/mol. The normalized spacial score (nSPS) is 28.3. The third kappa shape index (κ3) is 4.54. The highest BCUT2D eigenvalue weighted by molar-refractivity contribution is 6.21. The van der Waals surface area contributed by atoms with Crippen molar-refractivity contribution in [3.05, 3.63) is 35.4 Å². The van der Waals surface area contributed by atoms with Crippen molar-refractivity contribution in [2.75, 3.05) is 6.61 Å². The molecule has 1 aromatic rings. The van der Waals surface area contributed by atoms with E-state index >= 15 is 0 Å². The summed E-state index contributed by atoms with van der Waals surface area (Å²) in [6.45, 7) is 2.07. The van der Waals surface area contributed by atoms with Crippen molar-refractivity contribution in [3.63, 3.8) is 0 Å². The van der Waals surface area contributed by atoms with Crippen LogP contribution in [0.3, 0.4) is 0 Å². The topological polar surface area (TPSA) is 134 Å². The second-order valence-corrected chi connectivity index (χ2v) is 6.05. The van der Waals surface area contributed by atoms with Crippen LogP contribution in [0, 0.1) is 0 Å². The number of ether oxygens (including phenoxy) is 2. The standard InChI is InChI=1S/C18H22O8/c1-9(20)13(10(2)21)7-11-3-5-12(6-4-11)25-18-17(24)16(23)15(22)14(8-19)26-18/h3-7,14-19,22-24H,8H2,1-2H3/t14-,15+,16+,17-,18+/m0/s1.